The maximum atomic E-state index is 13.6. The van der Waals surface area contributed by atoms with Crippen LogP contribution in [0.5, 0.6) is 11.5 Å². The van der Waals surface area contributed by atoms with E-state index in [-0.39, 0.29) is 17.9 Å². The number of methoxy groups -OCH3 is 4. The van der Waals surface area contributed by atoms with Gasteiger partial charge in [0, 0.05) is 33.0 Å². The summed E-state index contributed by atoms with van der Waals surface area (Å²) in [7, 11) is 1.94. The molecule has 38 heavy (non-hydrogen) atoms. The van der Waals surface area contributed by atoms with Crippen molar-refractivity contribution in [3.63, 3.8) is 0 Å². The molecule has 0 saturated heterocycles. The van der Waals surface area contributed by atoms with Crippen LogP contribution in [0.15, 0.2) is 36.7 Å². The molecule has 0 bridgehead atoms. The van der Waals surface area contributed by atoms with Gasteiger partial charge in [-0.2, -0.15) is 0 Å². The molecule has 1 N–H and O–H groups in total. The molecule has 0 unspecified atom stereocenters. The molecule has 1 aliphatic rings. The fourth-order valence-corrected chi connectivity index (χ4v) is 5.46. The minimum absolute atomic E-state index is 0.0169. The zero-order chi connectivity index (χ0) is 27.4. The summed E-state index contributed by atoms with van der Waals surface area (Å²) in [4.78, 5) is 8.25. The number of para-hydroxylation sites is 1. The fraction of sp³-hybridized carbons (Fsp3) is 0.417. The summed E-state index contributed by atoms with van der Waals surface area (Å²) in [6, 6.07) is 5.24. The number of hydrogen-bond acceptors (Lipinski definition) is 10. The molecule has 204 valence electrons. The number of benzene rings is 1. The lowest BCUT2D eigenvalue weighted by Crippen LogP contribution is -2.33. The van der Waals surface area contributed by atoms with E-state index in [0.29, 0.717) is 40.9 Å². The Kier molecular flexibility index (Phi) is 8.51. The van der Waals surface area contributed by atoms with Gasteiger partial charge in [-0.05, 0) is 31.1 Å². The summed E-state index contributed by atoms with van der Waals surface area (Å²) in [6.07, 6.45) is 5.02. The van der Waals surface area contributed by atoms with E-state index >= 15 is 0 Å². The molecule has 1 aromatic carbocycles. The van der Waals surface area contributed by atoms with Gasteiger partial charge in [-0.25, -0.2) is 18.4 Å². The molecule has 12 nitrogen and oxygen atoms in total. The smallest absolute Gasteiger partial charge is 0.243 e. The topological polar surface area (TPSA) is 140 Å². The third-order valence-corrected chi connectivity index (χ3v) is 8.17. The largest absolute Gasteiger partial charge is 0.494 e. The second-order valence-corrected chi connectivity index (χ2v) is 11.0. The summed E-state index contributed by atoms with van der Waals surface area (Å²) in [5.41, 5.74) is 1.29. The lowest BCUT2D eigenvalue weighted by molar-refractivity contribution is 0.0950. The van der Waals surface area contributed by atoms with Gasteiger partial charge >= 0.3 is 0 Å². The third kappa shape index (κ3) is 5.46. The van der Waals surface area contributed by atoms with Gasteiger partial charge in [0.25, 0.3) is 0 Å². The summed E-state index contributed by atoms with van der Waals surface area (Å²) >= 11 is 5.89. The Labute approximate surface area is 226 Å². The Bertz CT molecular complexity index is 1390. The molecule has 2 aromatic heterocycles. The molecule has 0 fully saturated rings. The van der Waals surface area contributed by atoms with Crippen LogP contribution in [0.4, 0.5) is 5.95 Å². The van der Waals surface area contributed by atoms with Crippen molar-refractivity contribution in [2.45, 2.75) is 37.2 Å². The van der Waals surface area contributed by atoms with Crippen molar-refractivity contribution in [2.75, 3.05) is 33.2 Å². The van der Waals surface area contributed by atoms with E-state index in [1.54, 1.807) is 29.9 Å². The molecule has 2 heterocycles. The zero-order valence-electron chi connectivity index (χ0n) is 21.6. The van der Waals surface area contributed by atoms with E-state index in [2.05, 4.69) is 24.9 Å². The molecule has 0 amide bonds. The van der Waals surface area contributed by atoms with E-state index in [9.17, 15) is 8.42 Å². The highest BCUT2D eigenvalue weighted by Gasteiger charge is 2.35. The fourth-order valence-electron chi connectivity index (χ4n) is 4.23. The maximum Gasteiger partial charge on any atom is 0.243 e. The molecule has 14 heteroatoms. The number of halogens is 1. The van der Waals surface area contributed by atoms with Gasteiger partial charge in [0.05, 0.1) is 25.3 Å². The van der Waals surface area contributed by atoms with E-state index in [1.165, 1.54) is 40.6 Å². The first kappa shape index (κ1) is 27.8. The number of ether oxygens (including phenoxy) is 4. The number of rotatable bonds is 11. The summed E-state index contributed by atoms with van der Waals surface area (Å²) < 4.78 is 53.6. The third-order valence-electron chi connectivity index (χ3n) is 6.28. The molecular formula is C24H29ClN6O6S. The van der Waals surface area contributed by atoms with E-state index in [1.807, 2.05) is 6.08 Å². The molecule has 0 saturated carbocycles. The van der Waals surface area contributed by atoms with E-state index in [4.69, 9.17) is 30.5 Å². The Morgan fingerprint density at radius 2 is 1.74 bits per heavy atom. The predicted octanol–water partition coefficient (Wildman–Crippen LogP) is 3.44. The quantitative estimate of drug-likeness (QED) is 0.368. The van der Waals surface area contributed by atoms with Gasteiger partial charge in [0.15, 0.2) is 11.6 Å². The second kappa shape index (κ2) is 11.6. The molecule has 1 aliphatic carbocycles. The first-order valence-electron chi connectivity index (χ1n) is 11.6. The highest BCUT2D eigenvalue weighted by molar-refractivity contribution is 7.93. The Morgan fingerprint density at radius 3 is 2.29 bits per heavy atom. The monoisotopic (exact) mass is 564 g/mol. The molecule has 0 spiro atoms. The van der Waals surface area contributed by atoms with Crippen LogP contribution in [0.2, 0.25) is 5.02 Å². The summed E-state index contributed by atoms with van der Waals surface area (Å²) in [5, 5.41) is 7.77. The zero-order valence-corrected chi connectivity index (χ0v) is 23.2. The number of aromatic nitrogens is 5. The molecule has 4 rings (SSSR count). The highest BCUT2D eigenvalue weighted by atomic mass is 35.5. The van der Waals surface area contributed by atoms with Crippen LogP contribution in [0.1, 0.15) is 37.5 Å². The maximum absolute atomic E-state index is 13.6. The van der Waals surface area contributed by atoms with Gasteiger partial charge in [-0.15, -0.1) is 10.2 Å². The predicted molar refractivity (Wildman–Crippen MR) is 141 cm³/mol. The van der Waals surface area contributed by atoms with Crippen LogP contribution in [0, 0.1) is 0 Å². The normalized spacial score (nSPS) is 17.1. The number of nitrogens with one attached hydrogen (secondary N) is 1. The van der Waals surface area contributed by atoms with Gasteiger partial charge < -0.3 is 18.9 Å². The minimum atomic E-state index is -4.12. The number of anilines is 1. The van der Waals surface area contributed by atoms with Crippen LogP contribution < -0.4 is 14.2 Å². The first-order chi connectivity index (χ1) is 18.2. The van der Waals surface area contributed by atoms with Crippen molar-refractivity contribution in [3.05, 3.63) is 53.3 Å². The van der Waals surface area contributed by atoms with Gasteiger partial charge in [0.1, 0.15) is 28.5 Å². The molecule has 0 aliphatic heterocycles. The highest BCUT2D eigenvalue weighted by Crippen LogP contribution is 2.39. The lowest BCUT2D eigenvalue weighted by atomic mass is 10.2. The van der Waals surface area contributed by atoms with Crippen LogP contribution in [-0.4, -0.2) is 72.9 Å². The molecule has 0 radical (unpaired) electrons. The Balaban J connectivity index is 1.79. The van der Waals surface area contributed by atoms with Gasteiger partial charge in [-0.1, -0.05) is 23.7 Å². The molecule has 3 atom stereocenters. The van der Waals surface area contributed by atoms with Crippen molar-refractivity contribution >= 4 is 33.1 Å². The van der Waals surface area contributed by atoms with Crippen LogP contribution in [0.3, 0.4) is 0 Å². The number of nitrogens with zero attached hydrogens (tertiary/aromatic N) is 5. The van der Waals surface area contributed by atoms with Gasteiger partial charge in [0.2, 0.25) is 16.0 Å². The molecule has 3 aromatic rings. The van der Waals surface area contributed by atoms with Gasteiger partial charge in [-0.3, -0.25) is 9.29 Å². The van der Waals surface area contributed by atoms with Crippen LogP contribution in [-0.2, 0) is 19.5 Å². The summed E-state index contributed by atoms with van der Waals surface area (Å²) in [6.45, 7) is 1.49. The van der Waals surface area contributed by atoms with Crippen LogP contribution in [0.25, 0.3) is 11.3 Å². The average Bonchev–Trinajstić information content (AvgIpc) is 3.56. The van der Waals surface area contributed by atoms with Crippen LogP contribution >= 0.6 is 11.6 Å². The Morgan fingerprint density at radius 1 is 1.08 bits per heavy atom. The average molecular weight is 565 g/mol. The van der Waals surface area contributed by atoms with Crippen molar-refractivity contribution < 1.29 is 27.4 Å². The first-order valence-corrected chi connectivity index (χ1v) is 13.6. The number of sulfonamides is 1. The lowest BCUT2D eigenvalue weighted by Gasteiger charge is -2.23. The number of hydrogen-bond donors (Lipinski definition) is 1. The summed E-state index contributed by atoms with van der Waals surface area (Å²) in [5.74, 6) is 1.42. The minimum Gasteiger partial charge on any atom is -0.494 e. The van der Waals surface area contributed by atoms with Crippen molar-refractivity contribution in [3.8, 4) is 17.2 Å². The molecular weight excluding hydrogens is 536 g/mol. The SMILES string of the molecule is COc1cccc(OC)c1-n1c(NS(=O)(=O)[C@@H](C)[C@H](OC)c2ncc(Cl)cn2)nnc1C1=CC[C@@H](OC)C1. The van der Waals surface area contributed by atoms with Crippen molar-refractivity contribution in [1.82, 2.24) is 24.7 Å². The van der Waals surface area contributed by atoms with E-state index in [0.717, 1.165) is 5.57 Å². The van der Waals surface area contributed by atoms with E-state index < -0.39 is 21.4 Å². The second-order valence-electron chi connectivity index (χ2n) is 8.49. The Hall–Kier alpha value is -3.26. The standard InChI is InChI=1S/C24H29ClN6O6S/c1-14(21(37-5)22-26-12-16(25)13-27-22)38(32,33)30-24-29-28-23(15-9-10-17(11-15)34-2)31(24)20-18(35-3)7-6-8-19(20)36-4/h6-9,12-14,17,21H,10-11H2,1-5H3,(H,29,30)/t14-,17+,21-/m0/s1. The van der Waals surface area contributed by atoms with Crippen molar-refractivity contribution in [2.24, 2.45) is 0 Å². The van der Waals surface area contributed by atoms with Crippen molar-refractivity contribution in [1.29, 1.82) is 0 Å².